The molecule has 1 heterocycles. The first-order valence-corrected chi connectivity index (χ1v) is 7.61. The van der Waals surface area contributed by atoms with Crippen molar-refractivity contribution in [2.45, 2.75) is 51.4 Å². The number of hydrogen-bond acceptors (Lipinski definition) is 4. The molecule has 3 N–H and O–H groups in total. The van der Waals surface area contributed by atoms with E-state index < -0.39 is 0 Å². The fourth-order valence-electron chi connectivity index (χ4n) is 3.10. The zero-order chi connectivity index (χ0) is 14.4. The molecule has 0 bridgehead atoms. The van der Waals surface area contributed by atoms with Gasteiger partial charge in [-0.1, -0.05) is 11.7 Å². The number of oxime groups is 1. The lowest BCUT2D eigenvalue weighted by Crippen LogP contribution is -2.38. The summed E-state index contributed by atoms with van der Waals surface area (Å²) < 4.78 is 0. The Balaban J connectivity index is 1.96. The van der Waals surface area contributed by atoms with Crippen molar-refractivity contribution in [1.29, 1.82) is 0 Å². The van der Waals surface area contributed by atoms with Gasteiger partial charge in [0.15, 0.2) is 0 Å². The molecule has 1 fully saturated rings. The molecule has 1 saturated carbocycles. The van der Waals surface area contributed by atoms with Gasteiger partial charge in [-0.05, 0) is 56.9 Å². The molecule has 0 aromatic heterocycles. The van der Waals surface area contributed by atoms with Crippen LogP contribution in [0, 0.1) is 11.8 Å². The van der Waals surface area contributed by atoms with Crippen LogP contribution < -0.4 is 11.3 Å². The van der Waals surface area contributed by atoms with Crippen molar-refractivity contribution in [2.75, 3.05) is 6.61 Å². The van der Waals surface area contributed by atoms with Gasteiger partial charge in [-0.25, -0.2) is 5.84 Å². The largest absolute Gasteiger partial charge is 0.396 e. The molecule has 0 aromatic carbocycles. The molecule has 0 saturated heterocycles. The van der Waals surface area contributed by atoms with Crippen LogP contribution in [0.4, 0.5) is 0 Å². The fourth-order valence-corrected chi connectivity index (χ4v) is 3.10. The molecule has 0 atom stereocenters. The normalized spacial score (nSPS) is 28.4. The highest BCUT2D eigenvalue weighted by atomic mass is 16.6. The summed E-state index contributed by atoms with van der Waals surface area (Å²) >= 11 is 0. The Labute approximate surface area is 120 Å². The summed E-state index contributed by atoms with van der Waals surface area (Å²) in [6.07, 6.45) is 8.04. The number of carbonyl (C=O) groups excluding carboxylic acids is 1. The van der Waals surface area contributed by atoms with Crippen LogP contribution in [0.5, 0.6) is 0 Å². The van der Waals surface area contributed by atoms with Crippen molar-refractivity contribution < 1.29 is 9.63 Å². The van der Waals surface area contributed by atoms with Crippen LogP contribution in [0.1, 0.15) is 51.4 Å². The second kappa shape index (κ2) is 7.43. The van der Waals surface area contributed by atoms with Gasteiger partial charge in [0.2, 0.25) is 5.91 Å². The van der Waals surface area contributed by atoms with E-state index >= 15 is 0 Å². The minimum Gasteiger partial charge on any atom is -0.396 e. The Kier molecular flexibility index (Phi) is 5.59. The van der Waals surface area contributed by atoms with Gasteiger partial charge in [0.25, 0.3) is 0 Å². The molecule has 20 heavy (non-hydrogen) atoms. The van der Waals surface area contributed by atoms with Gasteiger partial charge in [0.1, 0.15) is 6.61 Å². The first-order valence-electron chi connectivity index (χ1n) is 7.61. The molecule has 5 nitrogen and oxygen atoms in total. The van der Waals surface area contributed by atoms with Crippen molar-refractivity contribution in [2.24, 2.45) is 22.8 Å². The van der Waals surface area contributed by atoms with Crippen LogP contribution in [-0.4, -0.2) is 18.2 Å². The SMILES string of the molecule is C=C1CCCCCON=C1C1CCC(C(=O)NN)CC1. The molecule has 1 aliphatic carbocycles. The van der Waals surface area contributed by atoms with Crippen LogP contribution in [0.15, 0.2) is 17.3 Å². The maximum Gasteiger partial charge on any atom is 0.236 e. The van der Waals surface area contributed by atoms with Crippen LogP contribution in [-0.2, 0) is 9.63 Å². The van der Waals surface area contributed by atoms with Gasteiger partial charge in [0, 0.05) is 11.8 Å². The van der Waals surface area contributed by atoms with Gasteiger partial charge < -0.3 is 4.84 Å². The lowest BCUT2D eigenvalue weighted by atomic mass is 9.77. The van der Waals surface area contributed by atoms with Gasteiger partial charge in [0.05, 0.1) is 5.71 Å². The summed E-state index contributed by atoms with van der Waals surface area (Å²) in [6, 6.07) is 0. The number of amides is 1. The molecule has 1 amide bonds. The third-order valence-electron chi connectivity index (χ3n) is 4.37. The summed E-state index contributed by atoms with van der Waals surface area (Å²) in [6.45, 7) is 4.87. The molecule has 2 aliphatic rings. The third kappa shape index (κ3) is 3.82. The Morgan fingerprint density at radius 1 is 1.25 bits per heavy atom. The molecule has 1 aliphatic heterocycles. The highest BCUT2D eigenvalue weighted by Crippen LogP contribution is 2.32. The number of nitrogens with one attached hydrogen (secondary N) is 1. The van der Waals surface area contributed by atoms with Crippen LogP contribution >= 0.6 is 0 Å². The highest BCUT2D eigenvalue weighted by Gasteiger charge is 2.29. The predicted molar refractivity (Wildman–Crippen MR) is 78.8 cm³/mol. The van der Waals surface area contributed by atoms with Crippen molar-refractivity contribution >= 4 is 11.6 Å². The lowest BCUT2D eigenvalue weighted by molar-refractivity contribution is -0.126. The smallest absolute Gasteiger partial charge is 0.236 e. The van der Waals surface area contributed by atoms with Gasteiger partial charge in [-0.15, -0.1) is 0 Å². The van der Waals surface area contributed by atoms with E-state index in [0.717, 1.165) is 56.2 Å². The molecule has 5 heteroatoms. The molecular formula is C15H25N3O2. The molecule has 2 rings (SSSR count). The van der Waals surface area contributed by atoms with E-state index in [1.54, 1.807) is 0 Å². The summed E-state index contributed by atoms with van der Waals surface area (Å²) in [5.74, 6) is 5.58. The minimum absolute atomic E-state index is 0.0439. The van der Waals surface area contributed by atoms with Crippen molar-refractivity contribution in [3.63, 3.8) is 0 Å². The number of hydrazine groups is 1. The second-order valence-corrected chi connectivity index (χ2v) is 5.78. The summed E-state index contributed by atoms with van der Waals surface area (Å²) in [4.78, 5) is 17.0. The Morgan fingerprint density at radius 3 is 2.70 bits per heavy atom. The molecule has 0 radical (unpaired) electrons. The minimum atomic E-state index is -0.0464. The van der Waals surface area contributed by atoms with E-state index in [2.05, 4.69) is 17.2 Å². The van der Waals surface area contributed by atoms with Gasteiger partial charge in [-0.3, -0.25) is 10.2 Å². The van der Waals surface area contributed by atoms with E-state index in [4.69, 9.17) is 10.7 Å². The predicted octanol–water partition coefficient (Wildman–Crippen LogP) is 2.29. The van der Waals surface area contributed by atoms with Crippen molar-refractivity contribution in [1.82, 2.24) is 5.43 Å². The van der Waals surface area contributed by atoms with Gasteiger partial charge >= 0.3 is 0 Å². The number of rotatable bonds is 2. The topological polar surface area (TPSA) is 76.7 Å². The van der Waals surface area contributed by atoms with E-state index in [9.17, 15) is 4.79 Å². The zero-order valence-corrected chi connectivity index (χ0v) is 12.1. The molecule has 0 spiro atoms. The van der Waals surface area contributed by atoms with E-state index in [1.807, 2.05) is 0 Å². The van der Waals surface area contributed by atoms with Crippen molar-refractivity contribution in [3.8, 4) is 0 Å². The molecule has 0 unspecified atom stereocenters. The van der Waals surface area contributed by atoms with Crippen LogP contribution in [0.2, 0.25) is 0 Å². The number of allylic oxidation sites excluding steroid dienone is 1. The van der Waals surface area contributed by atoms with Gasteiger partial charge in [-0.2, -0.15) is 0 Å². The standard InChI is InChI=1S/C15H25N3O2/c1-11-5-3-2-4-10-20-18-14(11)12-6-8-13(9-7-12)15(19)17-16/h12-13H,1-10,16H2,(H,17,19). The lowest BCUT2D eigenvalue weighted by Gasteiger charge is -2.28. The second-order valence-electron chi connectivity index (χ2n) is 5.78. The number of hydrogen-bond donors (Lipinski definition) is 2. The van der Waals surface area contributed by atoms with E-state index in [0.29, 0.717) is 12.5 Å². The Morgan fingerprint density at radius 2 is 2.00 bits per heavy atom. The quantitative estimate of drug-likeness (QED) is 0.462. The third-order valence-corrected chi connectivity index (χ3v) is 4.37. The molecular weight excluding hydrogens is 254 g/mol. The monoisotopic (exact) mass is 279 g/mol. The average molecular weight is 279 g/mol. The number of nitrogens with zero attached hydrogens (tertiary/aromatic N) is 1. The maximum atomic E-state index is 11.6. The van der Waals surface area contributed by atoms with E-state index in [1.165, 1.54) is 6.42 Å². The first kappa shape index (κ1) is 15.0. The Hall–Kier alpha value is -1.36. The van der Waals surface area contributed by atoms with E-state index in [-0.39, 0.29) is 11.8 Å². The average Bonchev–Trinajstić information content (AvgIpc) is 2.59. The Bertz CT molecular complexity index is 385. The first-order chi connectivity index (χ1) is 9.72. The van der Waals surface area contributed by atoms with Crippen molar-refractivity contribution in [3.05, 3.63) is 12.2 Å². The fraction of sp³-hybridized carbons (Fsp3) is 0.733. The summed E-state index contributed by atoms with van der Waals surface area (Å²) in [5.41, 5.74) is 4.39. The molecule has 0 aromatic rings. The summed E-state index contributed by atoms with van der Waals surface area (Å²) in [7, 11) is 0. The summed E-state index contributed by atoms with van der Waals surface area (Å²) in [5, 5.41) is 4.33. The molecule has 112 valence electrons. The maximum absolute atomic E-state index is 11.6. The van der Waals surface area contributed by atoms with Crippen LogP contribution in [0.3, 0.4) is 0 Å². The zero-order valence-electron chi connectivity index (χ0n) is 12.1. The highest BCUT2D eigenvalue weighted by molar-refractivity contribution is 6.01. The van der Waals surface area contributed by atoms with Crippen LogP contribution in [0.25, 0.3) is 0 Å². The number of nitrogens with two attached hydrogens (primary N) is 1. The number of carbonyl (C=O) groups is 1.